The highest BCUT2D eigenvalue weighted by atomic mass is 79.9. The Balaban J connectivity index is 2.91. The standard InChI is InChI=1S/C9H8BrNO/c10-8(6-12)5-7-1-3-9(11)4-2-7/h1-6H,11H2. The molecule has 0 radical (unpaired) electrons. The summed E-state index contributed by atoms with van der Waals surface area (Å²) in [5, 5.41) is 0. The first-order valence-corrected chi connectivity index (χ1v) is 4.19. The van der Waals surface area contributed by atoms with Crippen molar-refractivity contribution in [2.75, 3.05) is 5.73 Å². The maximum Gasteiger partial charge on any atom is 0.157 e. The topological polar surface area (TPSA) is 43.1 Å². The van der Waals surface area contributed by atoms with Crippen LogP contribution in [0.3, 0.4) is 0 Å². The average Bonchev–Trinajstić information content (AvgIpc) is 2.09. The van der Waals surface area contributed by atoms with E-state index >= 15 is 0 Å². The normalized spacial score (nSPS) is 11.2. The Hall–Kier alpha value is -1.09. The van der Waals surface area contributed by atoms with E-state index in [-0.39, 0.29) is 0 Å². The molecule has 12 heavy (non-hydrogen) atoms. The zero-order valence-corrected chi connectivity index (χ0v) is 7.91. The number of nitrogen functional groups attached to an aromatic ring is 1. The SMILES string of the molecule is Nc1ccc(C=C(Br)C=O)cc1. The van der Waals surface area contributed by atoms with Gasteiger partial charge in [0.05, 0.1) is 4.48 Å². The lowest BCUT2D eigenvalue weighted by atomic mass is 10.2. The number of benzene rings is 1. The van der Waals surface area contributed by atoms with Crippen molar-refractivity contribution in [3.05, 3.63) is 34.3 Å². The summed E-state index contributed by atoms with van der Waals surface area (Å²) in [6, 6.07) is 7.27. The second-order valence-corrected chi connectivity index (χ2v) is 3.23. The predicted octanol–water partition coefficient (Wildman–Crippen LogP) is 2.20. The fourth-order valence-electron chi connectivity index (χ4n) is 0.785. The summed E-state index contributed by atoms with van der Waals surface area (Å²) in [5.41, 5.74) is 7.15. The van der Waals surface area contributed by atoms with Crippen LogP contribution in [0.25, 0.3) is 6.08 Å². The summed E-state index contributed by atoms with van der Waals surface area (Å²) in [6.45, 7) is 0. The van der Waals surface area contributed by atoms with Crippen molar-refractivity contribution in [1.29, 1.82) is 0 Å². The van der Waals surface area contributed by atoms with E-state index in [1.54, 1.807) is 18.2 Å². The van der Waals surface area contributed by atoms with Gasteiger partial charge >= 0.3 is 0 Å². The fourth-order valence-corrected chi connectivity index (χ4v) is 1.05. The van der Waals surface area contributed by atoms with Gasteiger partial charge in [0.25, 0.3) is 0 Å². The molecule has 0 aliphatic rings. The molecule has 0 spiro atoms. The first-order chi connectivity index (χ1) is 5.72. The van der Waals surface area contributed by atoms with E-state index in [0.717, 1.165) is 17.5 Å². The van der Waals surface area contributed by atoms with Gasteiger partial charge in [0.1, 0.15) is 0 Å². The smallest absolute Gasteiger partial charge is 0.157 e. The van der Waals surface area contributed by atoms with E-state index < -0.39 is 0 Å². The molecule has 0 amide bonds. The minimum Gasteiger partial charge on any atom is -0.399 e. The van der Waals surface area contributed by atoms with Crippen LogP contribution in [0.5, 0.6) is 0 Å². The van der Waals surface area contributed by atoms with E-state index in [1.165, 1.54) is 0 Å². The molecular formula is C9H8BrNO. The van der Waals surface area contributed by atoms with Crippen LogP contribution in [-0.4, -0.2) is 6.29 Å². The highest BCUT2D eigenvalue weighted by Crippen LogP contribution is 2.11. The first-order valence-electron chi connectivity index (χ1n) is 3.40. The van der Waals surface area contributed by atoms with Crippen molar-refractivity contribution in [2.45, 2.75) is 0 Å². The number of anilines is 1. The van der Waals surface area contributed by atoms with Gasteiger partial charge in [-0.2, -0.15) is 0 Å². The molecule has 0 aliphatic carbocycles. The van der Waals surface area contributed by atoms with Crippen LogP contribution in [0.4, 0.5) is 5.69 Å². The Kier molecular flexibility index (Phi) is 3.05. The lowest BCUT2D eigenvalue weighted by molar-refractivity contribution is -0.104. The Bertz CT molecular complexity index is 303. The van der Waals surface area contributed by atoms with Crippen molar-refractivity contribution in [2.24, 2.45) is 0 Å². The van der Waals surface area contributed by atoms with E-state index in [1.807, 2.05) is 12.1 Å². The van der Waals surface area contributed by atoms with Gasteiger partial charge in [-0.25, -0.2) is 0 Å². The van der Waals surface area contributed by atoms with Crippen molar-refractivity contribution in [1.82, 2.24) is 0 Å². The van der Waals surface area contributed by atoms with Gasteiger partial charge in [-0.3, -0.25) is 4.79 Å². The minimum absolute atomic E-state index is 0.521. The molecule has 0 aliphatic heterocycles. The van der Waals surface area contributed by atoms with Gasteiger partial charge in [-0.15, -0.1) is 0 Å². The van der Waals surface area contributed by atoms with E-state index in [4.69, 9.17) is 5.73 Å². The molecule has 1 aromatic carbocycles. The highest BCUT2D eigenvalue weighted by Gasteiger charge is 1.90. The van der Waals surface area contributed by atoms with Crippen LogP contribution in [-0.2, 0) is 4.79 Å². The number of carbonyl (C=O) groups excluding carboxylic acids is 1. The van der Waals surface area contributed by atoms with Crippen molar-refractivity contribution < 1.29 is 4.79 Å². The number of hydrogen-bond acceptors (Lipinski definition) is 2. The molecule has 0 aromatic heterocycles. The van der Waals surface area contributed by atoms with Gasteiger partial charge in [0.2, 0.25) is 0 Å². The molecule has 0 atom stereocenters. The molecule has 0 unspecified atom stereocenters. The van der Waals surface area contributed by atoms with Gasteiger partial charge in [0, 0.05) is 5.69 Å². The fraction of sp³-hybridized carbons (Fsp3) is 0. The summed E-state index contributed by atoms with van der Waals surface area (Å²) in [7, 11) is 0. The molecule has 2 nitrogen and oxygen atoms in total. The number of halogens is 1. The van der Waals surface area contributed by atoms with Gasteiger partial charge in [-0.05, 0) is 39.7 Å². The molecule has 1 rings (SSSR count). The number of rotatable bonds is 2. The van der Waals surface area contributed by atoms with Crippen LogP contribution < -0.4 is 5.73 Å². The Morgan fingerprint density at radius 3 is 2.42 bits per heavy atom. The second kappa shape index (κ2) is 4.07. The average molecular weight is 226 g/mol. The van der Waals surface area contributed by atoms with Crippen molar-refractivity contribution in [3.8, 4) is 0 Å². The third-order valence-corrected chi connectivity index (χ3v) is 1.77. The molecule has 0 saturated carbocycles. The molecule has 0 saturated heterocycles. The van der Waals surface area contributed by atoms with Crippen LogP contribution in [0.2, 0.25) is 0 Å². The molecule has 2 N–H and O–H groups in total. The van der Waals surface area contributed by atoms with Crippen molar-refractivity contribution >= 4 is 34.0 Å². The molecular weight excluding hydrogens is 218 g/mol. The van der Waals surface area contributed by atoms with Crippen LogP contribution in [0.15, 0.2) is 28.7 Å². The number of aldehydes is 1. The number of nitrogens with two attached hydrogens (primary N) is 1. The Morgan fingerprint density at radius 2 is 1.92 bits per heavy atom. The third-order valence-electron chi connectivity index (χ3n) is 1.35. The Labute approximate surface area is 79.2 Å². The Morgan fingerprint density at radius 1 is 1.33 bits per heavy atom. The lowest BCUT2D eigenvalue weighted by Crippen LogP contribution is -1.83. The maximum atomic E-state index is 10.2. The molecule has 3 heteroatoms. The van der Waals surface area contributed by atoms with E-state index in [9.17, 15) is 4.79 Å². The molecule has 62 valence electrons. The zero-order valence-electron chi connectivity index (χ0n) is 6.33. The monoisotopic (exact) mass is 225 g/mol. The van der Waals surface area contributed by atoms with Crippen molar-refractivity contribution in [3.63, 3.8) is 0 Å². The molecule has 1 aromatic rings. The van der Waals surface area contributed by atoms with Gasteiger partial charge in [-0.1, -0.05) is 12.1 Å². The van der Waals surface area contributed by atoms with Crippen LogP contribution in [0, 0.1) is 0 Å². The van der Waals surface area contributed by atoms with Crippen LogP contribution >= 0.6 is 15.9 Å². The minimum atomic E-state index is 0.521. The van der Waals surface area contributed by atoms with Crippen LogP contribution in [0.1, 0.15) is 5.56 Å². The molecule has 0 fully saturated rings. The largest absolute Gasteiger partial charge is 0.399 e. The quantitative estimate of drug-likeness (QED) is 0.477. The van der Waals surface area contributed by atoms with E-state index in [0.29, 0.717) is 4.48 Å². The van der Waals surface area contributed by atoms with E-state index in [2.05, 4.69) is 15.9 Å². The highest BCUT2D eigenvalue weighted by molar-refractivity contribution is 9.12. The third kappa shape index (κ3) is 2.51. The molecule has 0 heterocycles. The maximum absolute atomic E-state index is 10.2. The zero-order chi connectivity index (χ0) is 8.97. The van der Waals surface area contributed by atoms with Gasteiger partial charge in [0.15, 0.2) is 6.29 Å². The number of carbonyl (C=O) groups is 1. The number of hydrogen-bond donors (Lipinski definition) is 1. The second-order valence-electron chi connectivity index (χ2n) is 2.31. The predicted molar refractivity (Wildman–Crippen MR) is 53.8 cm³/mol. The summed E-state index contributed by atoms with van der Waals surface area (Å²) < 4.78 is 0.521. The summed E-state index contributed by atoms with van der Waals surface area (Å²) >= 11 is 3.09. The summed E-state index contributed by atoms with van der Waals surface area (Å²) in [5.74, 6) is 0. The number of allylic oxidation sites excluding steroid dienone is 1. The summed E-state index contributed by atoms with van der Waals surface area (Å²) in [6.07, 6.45) is 2.47. The first kappa shape index (κ1) is 9.00. The van der Waals surface area contributed by atoms with Gasteiger partial charge < -0.3 is 5.73 Å². The summed E-state index contributed by atoms with van der Waals surface area (Å²) in [4.78, 5) is 10.2. The molecule has 0 bridgehead atoms. The lowest BCUT2D eigenvalue weighted by Gasteiger charge is -1.94.